The van der Waals surface area contributed by atoms with Gasteiger partial charge in [0.05, 0.1) is 7.11 Å². The molecule has 1 heterocycles. The second-order valence-corrected chi connectivity index (χ2v) is 3.03. The second-order valence-electron chi connectivity index (χ2n) is 3.03. The summed E-state index contributed by atoms with van der Waals surface area (Å²) < 4.78 is 41.3. The van der Waals surface area contributed by atoms with Crippen LogP contribution in [0.4, 0.5) is 13.2 Å². The van der Waals surface area contributed by atoms with Crippen LogP contribution in [0.15, 0.2) is 12.1 Å². The molecule has 0 amide bonds. The first-order chi connectivity index (χ1) is 6.84. The molecule has 3 nitrogen and oxygen atoms in total. The van der Waals surface area contributed by atoms with E-state index in [2.05, 4.69) is 4.98 Å². The fraction of sp³-hybridized carbons (Fsp3) is 0.444. The first-order valence-electron chi connectivity index (χ1n) is 4.12. The minimum Gasteiger partial charge on any atom is -0.481 e. The Morgan fingerprint density at radius 3 is 2.47 bits per heavy atom. The Morgan fingerprint density at radius 1 is 1.40 bits per heavy atom. The molecular formula is C9H10F3NO2. The minimum absolute atomic E-state index is 0.0494. The van der Waals surface area contributed by atoms with E-state index in [1.54, 1.807) is 0 Å². The highest BCUT2D eigenvalue weighted by Crippen LogP contribution is 2.33. The summed E-state index contributed by atoms with van der Waals surface area (Å²) in [5, 5.41) is 8.99. The molecule has 0 aliphatic heterocycles. The molecule has 84 valence electrons. The molecule has 0 saturated carbocycles. The highest BCUT2D eigenvalue weighted by molar-refractivity contribution is 5.27. The zero-order chi connectivity index (χ0) is 11.6. The Hall–Kier alpha value is -1.30. The average molecular weight is 221 g/mol. The van der Waals surface area contributed by atoms with Gasteiger partial charge in [-0.25, -0.2) is 4.98 Å². The monoisotopic (exact) mass is 221 g/mol. The van der Waals surface area contributed by atoms with Gasteiger partial charge >= 0.3 is 6.18 Å². The molecule has 0 aliphatic rings. The number of rotatable bonds is 2. The second kappa shape index (κ2) is 4.06. The van der Waals surface area contributed by atoms with Gasteiger partial charge < -0.3 is 9.84 Å². The molecule has 1 N–H and O–H groups in total. The Morgan fingerprint density at radius 2 is 2.00 bits per heavy atom. The number of hydrogen-bond donors (Lipinski definition) is 1. The van der Waals surface area contributed by atoms with Crippen LogP contribution in [0.2, 0.25) is 0 Å². The number of aryl methyl sites for hydroxylation is 1. The van der Waals surface area contributed by atoms with Gasteiger partial charge in [0.25, 0.3) is 0 Å². The lowest BCUT2D eigenvalue weighted by Gasteiger charge is -2.15. The minimum atomic E-state index is -4.68. The lowest BCUT2D eigenvalue weighted by Crippen LogP contribution is -2.20. The van der Waals surface area contributed by atoms with Crippen LogP contribution in [0, 0.1) is 6.92 Å². The molecule has 6 heteroatoms. The van der Waals surface area contributed by atoms with Crippen molar-refractivity contribution in [3.8, 4) is 5.88 Å². The molecule has 1 rings (SSSR count). The van der Waals surface area contributed by atoms with E-state index in [1.807, 2.05) is 0 Å². The third-order valence-corrected chi connectivity index (χ3v) is 1.79. The summed E-state index contributed by atoms with van der Waals surface area (Å²) in [6.45, 7) is 1.52. The van der Waals surface area contributed by atoms with Crippen LogP contribution in [0.5, 0.6) is 5.88 Å². The van der Waals surface area contributed by atoms with E-state index in [-0.39, 0.29) is 11.4 Å². The van der Waals surface area contributed by atoms with E-state index >= 15 is 0 Å². The molecule has 0 aromatic carbocycles. The standard InChI is InChI=1S/C9H10F3NO2/c1-5-3-6(4-7(13-5)15-2)8(14)9(10,11)12/h3-4,8,14H,1-2H3/t8-/m1/s1. The topological polar surface area (TPSA) is 42.4 Å². The molecule has 0 saturated heterocycles. The first kappa shape index (κ1) is 11.8. The number of halogens is 3. The van der Waals surface area contributed by atoms with Crippen molar-refractivity contribution < 1.29 is 23.0 Å². The van der Waals surface area contributed by atoms with Crippen LogP contribution in [0.1, 0.15) is 17.4 Å². The number of ether oxygens (including phenoxy) is 1. The predicted molar refractivity (Wildman–Crippen MR) is 46.5 cm³/mol. The van der Waals surface area contributed by atoms with Crippen LogP contribution >= 0.6 is 0 Å². The summed E-state index contributed by atoms with van der Waals surface area (Å²) in [6, 6.07) is 2.23. The molecule has 15 heavy (non-hydrogen) atoms. The number of nitrogens with zero attached hydrogens (tertiary/aromatic N) is 1. The fourth-order valence-electron chi connectivity index (χ4n) is 1.12. The normalized spacial score (nSPS) is 13.7. The number of methoxy groups -OCH3 is 1. The molecule has 0 bridgehead atoms. The number of alkyl halides is 3. The molecule has 0 fully saturated rings. The molecule has 1 aromatic rings. The van der Waals surface area contributed by atoms with Crippen LogP contribution in [0.3, 0.4) is 0 Å². The van der Waals surface area contributed by atoms with Crippen molar-refractivity contribution in [2.75, 3.05) is 7.11 Å². The Bertz CT molecular complexity index is 352. The molecule has 1 atom stereocenters. The Kier molecular flexibility index (Phi) is 3.18. The lowest BCUT2D eigenvalue weighted by molar-refractivity contribution is -0.206. The fourth-order valence-corrected chi connectivity index (χ4v) is 1.12. The van der Waals surface area contributed by atoms with Crippen molar-refractivity contribution in [3.05, 3.63) is 23.4 Å². The Labute approximate surface area is 84.5 Å². The molecule has 0 aliphatic carbocycles. The summed E-state index contributed by atoms with van der Waals surface area (Å²) in [5.74, 6) is 0.0494. The van der Waals surface area contributed by atoms with Gasteiger partial charge in [0.15, 0.2) is 6.10 Å². The van der Waals surface area contributed by atoms with E-state index in [9.17, 15) is 13.2 Å². The van der Waals surface area contributed by atoms with Gasteiger partial charge in [-0.3, -0.25) is 0 Å². The van der Waals surface area contributed by atoms with Crippen LogP contribution in [-0.2, 0) is 0 Å². The van der Waals surface area contributed by atoms with Crippen LogP contribution < -0.4 is 4.74 Å². The van der Waals surface area contributed by atoms with E-state index < -0.39 is 12.3 Å². The molecule has 0 spiro atoms. The van der Waals surface area contributed by atoms with Crippen molar-refractivity contribution in [1.29, 1.82) is 0 Å². The highest BCUT2D eigenvalue weighted by Gasteiger charge is 2.39. The maximum Gasteiger partial charge on any atom is 0.418 e. The zero-order valence-corrected chi connectivity index (χ0v) is 8.17. The van der Waals surface area contributed by atoms with Crippen molar-refractivity contribution in [3.63, 3.8) is 0 Å². The van der Waals surface area contributed by atoms with Crippen molar-refractivity contribution in [2.45, 2.75) is 19.2 Å². The lowest BCUT2D eigenvalue weighted by atomic mass is 10.1. The van der Waals surface area contributed by atoms with Crippen molar-refractivity contribution >= 4 is 0 Å². The molecule has 1 aromatic heterocycles. The van der Waals surface area contributed by atoms with Gasteiger partial charge in [-0.1, -0.05) is 0 Å². The van der Waals surface area contributed by atoms with Gasteiger partial charge in [-0.05, 0) is 18.6 Å². The number of pyridine rings is 1. The quantitative estimate of drug-likeness (QED) is 0.830. The first-order valence-corrected chi connectivity index (χ1v) is 4.12. The smallest absolute Gasteiger partial charge is 0.418 e. The highest BCUT2D eigenvalue weighted by atomic mass is 19.4. The number of aliphatic hydroxyl groups excluding tert-OH is 1. The summed E-state index contributed by atoms with van der Waals surface area (Å²) in [6.07, 6.45) is -7.19. The summed E-state index contributed by atoms with van der Waals surface area (Å²) >= 11 is 0. The van der Waals surface area contributed by atoms with E-state index in [0.717, 1.165) is 6.07 Å². The van der Waals surface area contributed by atoms with Gasteiger partial charge in [-0.15, -0.1) is 0 Å². The van der Waals surface area contributed by atoms with Gasteiger partial charge in [0.2, 0.25) is 5.88 Å². The van der Waals surface area contributed by atoms with E-state index in [1.165, 1.54) is 20.1 Å². The van der Waals surface area contributed by atoms with Gasteiger partial charge in [0.1, 0.15) is 0 Å². The number of aromatic nitrogens is 1. The molecule has 0 radical (unpaired) electrons. The van der Waals surface area contributed by atoms with Gasteiger partial charge in [-0.2, -0.15) is 13.2 Å². The van der Waals surface area contributed by atoms with Crippen LogP contribution in [0.25, 0.3) is 0 Å². The summed E-state index contributed by atoms with van der Waals surface area (Å²) in [5.41, 5.74) is 0.0829. The SMILES string of the molecule is COc1cc([C@@H](O)C(F)(F)F)cc(C)n1. The Balaban J connectivity index is 3.09. The van der Waals surface area contributed by atoms with Crippen LogP contribution in [-0.4, -0.2) is 23.4 Å². The maximum absolute atomic E-state index is 12.2. The third-order valence-electron chi connectivity index (χ3n) is 1.79. The van der Waals surface area contributed by atoms with Crippen molar-refractivity contribution in [2.24, 2.45) is 0 Å². The van der Waals surface area contributed by atoms with Gasteiger partial charge in [0, 0.05) is 11.8 Å². The van der Waals surface area contributed by atoms with E-state index in [4.69, 9.17) is 9.84 Å². The number of aliphatic hydroxyl groups is 1. The average Bonchev–Trinajstić information content (AvgIpc) is 2.14. The third kappa shape index (κ3) is 2.82. The van der Waals surface area contributed by atoms with E-state index in [0.29, 0.717) is 5.69 Å². The summed E-state index contributed by atoms with van der Waals surface area (Å²) in [7, 11) is 1.30. The molecular weight excluding hydrogens is 211 g/mol. The number of hydrogen-bond acceptors (Lipinski definition) is 3. The molecule has 0 unspecified atom stereocenters. The predicted octanol–water partition coefficient (Wildman–Crippen LogP) is 1.99. The zero-order valence-electron chi connectivity index (χ0n) is 8.17. The summed E-state index contributed by atoms with van der Waals surface area (Å²) in [4.78, 5) is 3.82. The largest absolute Gasteiger partial charge is 0.481 e. The van der Waals surface area contributed by atoms with Crippen molar-refractivity contribution in [1.82, 2.24) is 4.98 Å². The maximum atomic E-state index is 12.2.